The molecule has 6 nitrogen and oxygen atoms in total. The Labute approximate surface area is 100 Å². The van der Waals surface area contributed by atoms with Crippen LogP contribution in [0.2, 0.25) is 0 Å². The van der Waals surface area contributed by atoms with Gasteiger partial charge in [0.1, 0.15) is 18.0 Å². The summed E-state index contributed by atoms with van der Waals surface area (Å²) in [4.78, 5) is 12.7. The van der Waals surface area contributed by atoms with Gasteiger partial charge in [-0.3, -0.25) is 4.68 Å². The van der Waals surface area contributed by atoms with Crippen LogP contribution in [0.15, 0.2) is 18.6 Å². The van der Waals surface area contributed by atoms with Gasteiger partial charge in [-0.05, 0) is 20.0 Å². The molecule has 90 valence electrons. The Morgan fingerprint density at radius 3 is 2.82 bits per heavy atom. The number of nitrogens with zero attached hydrogens (tertiary/aromatic N) is 5. The van der Waals surface area contributed by atoms with E-state index in [4.69, 9.17) is 0 Å². The second-order valence-corrected chi connectivity index (χ2v) is 3.87. The SMILES string of the molecule is CNC(Cc1ncnn1C)c1ccnc(C)n1. The van der Waals surface area contributed by atoms with E-state index in [-0.39, 0.29) is 6.04 Å². The highest BCUT2D eigenvalue weighted by atomic mass is 15.3. The van der Waals surface area contributed by atoms with Gasteiger partial charge in [-0.1, -0.05) is 0 Å². The molecule has 0 saturated carbocycles. The zero-order chi connectivity index (χ0) is 12.3. The summed E-state index contributed by atoms with van der Waals surface area (Å²) < 4.78 is 1.78. The van der Waals surface area contributed by atoms with Crippen LogP contribution in [0.25, 0.3) is 0 Å². The van der Waals surface area contributed by atoms with Crippen molar-refractivity contribution in [2.75, 3.05) is 7.05 Å². The highest BCUT2D eigenvalue weighted by Gasteiger charge is 2.14. The molecule has 2 aromatic heterocycles. The third-order valence-electron chi connectivity index (χ3n) is 2.69. The van der Waals surface area contributed by atoms with Gasteiger partial charge in [-0.25, -0.2) is 15.0 Å². The lowest BCUT2D eigenvalue weighted by Gasteiger charge is -2.15. The van der Waals surface area contributed by atoms with Crippen molar-refractivity contribution in [3.05, 3.63) is 35.9 Å². The monoisotopic (exact) mass is 232 g/mol. The first-order chi connectivity index (χ1) is 8.20. The third kappa shape index (κ3) is 2.65. The van der Waals surface area contributed by atoms with Crippen molar-refractivity contribution >= 4 is 0 Å². The molecule has 2 heterocycles. The van der Waals surface area contributed by atoms with Crippen LogP contribution in [0.4, 0.5) is 0 Å². The Morgan fingerprint density at radius 1 is 1.41 bits per heavy atom. The Balaban J connectivity index is 2.20. The molecule has 0 amide bonds. The number of hydrogen-bond donors (Lipinski definition) is 1. The highest BCUT2D eigenvalue weighted by Crippen LogP contribution is 2.14. The highest BCUT2D eigenvalue weighted by molar-refractivity contribution is 5.09. The van der Waals surface area contributed by atoms with Crippen molar-refractivity contribution in [3.8, 4) is 0 Å². The molecule has 0 aliphatic rings. The lowest BCUT2D eigenvalue weighted by molar-refractivity contribution is 0.538. The molecule has 0 bridgehead atoms. The molecule has 1 unspecified atom stereocenters. The third-order valence-corrected chi connectivity index (χ3v) is 2.69. The van der Waals surface area contributed by atoms with Crippen LogP contribution < -0.4 is 5.32 Å². The number of nitrogens with one attached hydrogen (secondary N) is 1. The number of hydrogen-bond acceptors (Lipinski definition) is 5. The number of aromatic nitrogens is 5. The number of rotatable bonds is 4. The average molecular weight is 232 g/mol. The van der Waals surface area contributed by atoms with Crippen molar-refractivity contribution in [3.63, 3.8) is 0 Å². The van der Waals surface area contributed by atoms with Crippen molar-refractivity contribution in [2.24, 2.45) is 7.05 Å². The van der Waals surface area contributed by atoms with Gasteiger partial charge < -0.3 is 5.32 Å². The van der Waals surface area contributed by atoms with Gasteiger partial charge in [0.15, 0.2) is 0 Å². The molecule has 2 rings (SSSR count). The first kappa shape index (κ1) is 11.7. The predicted octanol–water partition coefficient (Wildman–Crippen LogP) is 0.417. The summed E-state index contributed by atoms with van der Waals surface area (Å²) in [5.74, 6) is 1.71. The van der Waals surface area contributed by atoms with Crippen LogP contribution in [0.1, 0.15) is 23.4 Å². The summed E-state index contributed by atoms with van der Waals surface area (Å²) in [6.07, 6.45) is 4.09. The van der Waals surface area contributed by atoms with Gasteiger partial charge in [0, 0.05) is 19.7 Å². The lowest BCUT2D eigenvalue weighted by Crippen LogP contribution is -2.22. The molecule has 0 saturated heterocycles. The molecule has 2 aromatic rings. The quantitative estimate of drug-likeness (QED) is 0.827. The van der Waals surface area contributed by atoms with Gasteiger partial charge in [-0.2, -0.15) is 5.10 Å². The lowest BCUT2D eigenvalue weighted by atomic mass is 10.1. The largest absolute Gasteiger partial charge is 0.311 e. The minimum absolute atomic E-state index is 0.125. The molecule has 0 radical (unpaired) electrons. The zero-order valence-electron chi connectivity index (χ0n) is 10.3. The van der Waals surface area contributed by atoms with Crippen LogP contribution in [0.3, 0.4) is 0 Å². The molecule has 0 aliphatic heterocycles. The Kier molecular flexibility index (Phi) is 3.43. The zero-order valence-corrected chi connectivity index (χ0v) is 10.3. The molecule has 0 aromatic carbocycles. The van der Waals surface area contributed by atoms with E-state index in [0.717, 1.165) is 23.8 Å². The molecule has 1 N–H and O–H groups in total. The topological polar surface area (TPSA) is 68.5 Å². The maximum absolute atomic E-state index is 4.42. The van der Waals surface area contributed by atoms with Crippen LogP contribution in [0.5, 0.6) is 0 Å². The van der Waals surface area contributed by atoms with E-state index in [2.05, 4.69) is 25.4 Å². The van der Waals surface area contributed by atoms with Gasteiger partial charge in [-0.15, -0.1) is 0 Å². The number of likely N-dealkylation sites (N-methyl/N-ethyl adjacent to an activating group) is 1. The molecule has 17 heavy (non-hydrogen) atoms. The minimum Gasteiger partial charge on any atom is -0.311 e. The van der Waals surface area contributed by atoms with E-state index < -0.39 is 0 Å². The smallest absolute Gasteiger partial charge is 0.138 e. The summed E-state index contributed by atoms with van der Waals surface area (Å²) >= 11 is 0. The van der Waals surface area contributed by atoms with E-state index in [0.29, 0.717) is 0 Å². The van der Waals surface area contributed by atoms with Crippen LogP contribution >= 0.6 is 0 Å². The fraction of sp³-hybridized carbons (Fsp3) is 0.455. The van der Waals surface area contributed by atoms with Gasteiger partial charge in [0.25, 0.3) is 0 Å². The first-order valence-electron chi connectivity index (χ1n) is 5.50. The van der Waals surface area contributed by atoms with E-state index in [9.17, 15) is 0 Å². The Bertz CT molecular complexity index is 492. The van der Waals surface area contributed by atoms with Crippen LogP contribution in [-0.2, 0) is 13.5 Å². The first-order valence-corrected chi connectivity index (χ1v) is 5.50. The molecule has 0 spiro atoms. The average Bonchev–Trinajstić information content (AvgIpc) is 2.71. The molecule has 1 atom stereocenters. The van der Waals surface area contributed by atoms with Crippen LogP contribution in [-0.4, -0.2) is 31.8 Å². The summed E-state index contributed by atoms with van der Waals surface area (Å²) in [5.41, 5.74) is 0.975. The maximum atomic E-state index is 4.42. The van der Waals surface area contributed by atoms with E-state index in [1.807, 2.05) is 27.1 Å². The predicted molar refractivity (Wildman–Crippen MR) is 63.3 cm³/mol. The molecular formula is C11H16N6. The van der Waals surface area contributed by atoms with Gasteiger partial charge in [0.05, 0.1) is 11.7 Å². The number of aryl methyl sites for hydroxylation is 2. The van der Waals surface area contributed by atoms with E-state index in [1.54, 1.807) is 17.2 Å². The van der Waals surface area contributed by atoms with Crippen molar-refractivity contribution < 1.29 is 0 Å². The second kappa shape index (κ2) is 5.01. The maximum Gasteiger partial charge on any atom is 0.138 e. The fourth-order valence-electron chi connectivity index (χ4n) is 1.71. The Morgan fingerprint density at radius 2 is 2.24 bits per heavy atom. The van der Waals surface area contributed by atoms with E-state index in [1.165, 1.54) is 0 Å². The minimum atomic E-state index is 0.125. The van der Waals surface area contributed by atoms with Crippen molar-refractivity contribution in [2.45, 2.75) is 19.4 Å². The summed E-state index contributed by atoms with van der Waals surface area (Å²) in [6.45, 7) is 1.89. The standard InChI is InChI=1S/C11H16N6/c1-8-13-5-4-9(16-8)10(12-2)6-11-14-7-15-17(11)3/h4-5,7,10,12H,6H2,1-3H3. The van der Waals surface area contributed by atoms with Gasteiger partial charge >= 0.3 is 0 Å². The second-order valence-electron chi connectivity index (χ2n) is 3.87. The van der Waals surface area contributed by atoms with Gasteiger partial charge in [0.2, 0.25) is 0 Å². The van der Waals surface area contributed by atoms with Crippen LogP contribution in [0, 0.1) is 6.92 Å². The summed E-state index contributed by atoms with van der Waals surface area (Å²) in [6, 6.07) is 2.05. The van der Waals surface area contributed by atoms with Crippen molar-refractivity contribution in [1.29, 1.82) is 0 Å². The molecule has 0 aliphatic carbocycles. The molecule has 0 fully saturated rings. The van der Waals surface area contributed by atoms with E-state index >= 15 is 0 Å². The Hall–Kier alpha value is -1.82. The normalized spacial score (nSPS) is 12.6. The molecule has 6 heteroatoms. The summed E-state index contributed by atoms with van der Waals surface area (Å²) in [7, 11) is 3.80. The fourth-order valence-corrected chi connectivity index (χ4v) is 1.71. The van der Waals surface area contributed by atoms with Crippen molar-refractivity contribution in [1.82, 2.24) is 30.0 Å². The molecular weight excluding hydrogens is 216 g/mol. The summed E-state index contributed by atoms with van der Waals surface area (Å²) in [5, 5.41) is 7.30.